The molecule has 3 N–H and O–H groups in total. The molecule has 1 amide bonds. The van der Waals surface area contributed by atoms with Crippen LogP contribution in [0.2, 0.25) is 0 Å². The molecule has 0 saturated heterocycles. The molecule has 2 aromatic heterocycles. The van der Waals surface area contributed by atoms with Gasteiger partial charge in [-0.15, -0.1) is 0 Å². The molecule has 0 saturated carbocycles. The molecule has 30 heavy (non-hydrogen) atoms. The van der Waals surface area contributed by atoms with Gasteiger partial charge in [0.2, 0.25) is 17.7 Å². The molecule has 0 radical (unpaired) electrons. The van der Waals surface area contributed by atoms with Crippen LogP contribution in [0.15, 0.2) is 48.8 Å². The van der Waals surface area contributed by atoms with E-state index < -0.39 is 17.6 Å². The van der Waals surface area contributed by atoms with Gasteiger partial charge in [0.15, 0.2) is 0 Å². The number of ether oxygens (including phenoxy) is 1. The van der Waals surface area contributed by atoms with E-state index in [0.717, 1.165) is 0 Å². The largest absolute Gasteiger partial charge is 0.481 e. The fourth-order valence-corrected chi connectivity index (χ4v) is 2.46. The first-order valence-corrected chi connectivity index (χ1v) is 8.60. The van der Waals surface area contributed by atoms with Crippen molar-refractivity contribution in [3.05, 3.63) is 54.4 Å². The van der Waals surface area contributed by atoms with Gasteiger partial charge in [0.1, 0.15) is 11.4 Å². The van der Waals surface area contributed by atoms with E-state index >= 15 is 0 Å². The topological polar surface area (TPSA) is 101 Å². The predicted octanol–water partition coefficient (Wildman–Crippen LogP) is 4.34. The first kappa shape index (κ1) is 20.8. The minimum atomic E-state index is -4.67. The highest BCUT2D eigenvalue weighted by atomic mass is 19.4. The Labute approximate surface area is 169 Å². The summed E-state index contributed by atoms with van der Waals surface area (Å²) in [5, 5.41) is 8.00. The number of hydrogen-bond acceptors (Lipinski definition) is 7. The number of pyridine rings is 1. The molecule has 2 heterocycles. The van der Waals surface area contributed by atoms with Crippen molar-refractivity contribution in [3.63, 3.8) is 0 Å². The number of anilines is 5. The zero-order chi connectivity index (χ0) is 21.7. The van der Waals surface area contributed by atoms with E-state index in [1.54, 1.807) is 30.3 Å². The second-order valence-electron chi connectivity index (χ2n) is 6.05. The van der Waals surface area contributed by atoms with Gasteiger partial charge < -0.3 is 20.7 Å². The normalized spacial score (nSPS) is 11.0. The van der Waals surface area contributed by atoms with Crippen molar-refractivity contribution in [3.8, 4) is 5.88 Å². The molecule has 0 aliphatic heterocycles. The second kappa shape index (κ2) is 8.64. The van der Waals surface area contributed by atoms with Gasteiger partial charge in [0.05, 0.1) is 19.0 Å². The predicted molar refractivity (Wildman–Crippen MR) is 105 cm³/mol. The number of methoxy groups -OCH3 is 1. The maximum atomic E-state index is 13.4. The van der Waals surface area contributed by atoms with Crippen LogP contribution in [0, 0.1) is 0 Å². The van der Waals surface area contributed by atoms with Crippen LogP contribution in [0.25, 0.3) is 0 Å². The van der Waals surface area contributed by atoms with E-state index in [2.05, 4.69) is 30.9 Å². The molecule has 1 aromatic carbocycles. The monoisotopic (exact) mass is 418 g/mol. The summed E-state index contributed by atoms with van der Waals surface area (Å²) in [6.07, 6.45) is -2.55. The molecule has 3 rings (SSSR count). The second-order valence-corrected chi connectivity index (χ2v) is 6.05. The summed E-state index contributed by atoms with van der Waals surface area (Å²) < 4.78 is 45.2. The molecule has 0 aliphatic rings. The highest BCUT2D eigenvalue weighted by molar-refractivity contribution is 5.89. The average molecular weight is 418 g/mol. The highest BCUT2D eigenvalue weighted by Crippen LogP contribution is 2.35. The van der Waals surface area contributed by atoms with Crippen LogP contribution in [0.4, 0.5) is 42.0 Å². The number of aromatic nitrogens is 3. The molecule has 8 nitrogen and oxygen atoms in total. The standard InChI is InChI=1S/C19H17F3N6O2/c1-11(29)25-12-4-3-5-13(8-12)26-17-15(19(20,21)22)10-24-18(28-17)27-14-6-7-16(30-2)23-9-14/h3-10H,1-2H3,(H,25,29)(H2,24,26,27,28). The van der Waals surface area contributed by atoms with Crippen molar-refractivity contribution in [1.29, 1.82) is 0 Å². The Kier molecular flexibility index (Phi) is 6.00. The van der Waals surface area contributed by atoms with Gasteiger partial charge in [-0.1, -0.05) is 6.07 Å². The van der Waals surface area contributed by atoms with E-state index in [9.17, 15) is 18.0 Å². The van der Waals surface area contributed by atoms with Crippen LogP contribution in [0.3, 0.4) is 0 Å². The number of benzene rings is 1. The number of carbonyl (C=O) groups excluding carboxylic acids is 1. The summed E-state index contributed by atoms with van der Waals surface area (Å²) in [5.41, 5.74) is 0.167. The van der Waals surface area contributed by atoms with Gasteiger partial charge in [-0.25, -0.2) is 9.97 Å². The van der Waals surface area contributed by atoms with Crippen LogP contribution >= 0.6 is 0 Å². The Bertz CT molecular complexity index is 1040. The lowest BCUT2D eigenvalue weighted by molar-refractivity contribution is -0.137. The minimum absolute atomic E-state index is 0.0597. The van der Waals surface area contributed by atoms with Crippen LogP contribution in [0.1, 0.15) is 12.5 Å². The summed E-state index contributed by atoms with van der Waals surface area (Å²) in [5.74, 6) is -0.419. The molecule has 3 aromatic rings. The van der Waals surface area contributed by atoms with Crippen molar-refractivity contribution in [1.82, 2.24) is 15.0 Å². The van der Waals surface area contributed by atoms with Gasteiger partial charge in [-0.05, 0) is 24.3 Å². The summed E-state index contributed by atoms with van der Waals surface area (Å²) in [4.78, 5) is 22.9. The number of nitrogens with zero attached hydrogens (tertiary/aromatic N) is 3. The summed E-state index contributed by atoms with van der Waals surface area (Å²) in [6, 6.07) is 9.44. The van der Waals surface area contributed by atoms with Gasteiger partial charge in [0, 0.05) is 30.6 Å². The number of rotatable bonds is 6. The van der Waals surface area contributed by atoms with Crippen molar-refractivity contribution in [2.45, 2.75) is 13.1 Å². The average Bonchev–Trinajstić information content (AvgIpc) is 2.67. The SMILES string of the molecule is COc1ccc(Nc2ncc(C(F)(F)F)c(Nc3cccc(NC(C)=O)c3)n2)cn1. The Morgan fingerprint density at radius 1 is 1.00 bits per heavy atom. The molecule has 11 heteroatoms. The fourth-order valence-electron chi connectivity index (χ4n) is 2.46. The van der Waals surface area contributed by atoms with Crippen LogP contribution < -0.4 is 20.7 Å². The maximum absolute atomic E-state index is 13.4. The summed E-state index contributed by atoms with van der Waals surface area (Å²) in [6.45, 7) is 1.33. The van der Waals surface area contributed by atoms with Crippen molar-refractivity contribution in [2.75, 3.05) is 23.1 Å². The Hall–Kier alpha value is -3.89. The van der Waals surface area contributed by atoms with E-state index in [1.165, 1.54) is 26.3 Å². The Morgan fingerprint density at radius 3 is 2.40 bits per heavy atom. The first-order valence-electron chi connectivity index (χ1n) is 8.60. The highest BCUT2D eigenvalue weighted by Gasteiger charge is 2.35. The third-order valence-corrected chi connectivity index (χ3v) is 3.74. The van der Waals surface area contributed by atoms with Crippen LogP contribution in [-0.4, -0.2) is 28.0 Å². The zero-order valence-electron chi connectivity index (χ0n) is 15.9. The number of amides is 1. The van der Waals surface area contributed by atoms with E-state index in [-0.39, 0.29) is 11.9 Å². The number of carbonyl (C=O) groups is 1. The van der Waals surface area contributed by atoms with E-state index in [0.29, 0.717) is 29.1 Å². The maximum Gasteiger partial charge on any atom is 0.421 e. The van der Waals surface area contributed by atoms with E-state index in [1.807, 2.05) is 0 Å². The molecule has 0 fully saturated rings. The lowest BCUT2D eigenvalue weighted by Gasteiger charge is -2.15. The Balaban J connectivity index is 1.90. The fraction of sp³-hybridized carbons (Fsp3) is 0.158. The Morgan fingerprint density at radius 2 is 1.77 bits per heavy atom. The van der Waals surface area contributed by atoms with Gasteiger partial charge in [0.25, 0.3) is 0 Å². The smallest absolute Gasteiger partial charge is 0.421 e. The van der Waals surface area contributed by atoms with Crippen molar-refractivity contribution >= 4 is 34.7 Å². The van der Waals surface area contributed by atoms with Crippen LogP contribution in [-0.2, 0) is 11.0 Å². The molecule has 0 bridgehead atoms. The summed E-state index contributed by atoms with van der Waals surface area (Å²) in [7, 11) is 1.47. The number of alkyl halides is 3. The minimum Gasteiger partial charge on any atom is -0.481 e. The lowest BCUT2D eigenvalue weighted by atomic mass is 10.2. The number of halogens is 3. The van der Waals surface area contributed by atoms with Gasteiger partial charge in [-0.2, -0.15) is 18.2 Å². The van der Waals surface area contributed by atoms with Gasteiger partial charge >= 0.3 is 6.18 Å². The summed E-state index contributed by atoms with van der Waals surface area (Å²) >= 11 is 0. The molecule has 0 atom stereocenters. The third-order valence-electron chi connectivity index (χ3n) is 3.74. The number of hydrogen-bond donors (Lipinski definition) is 3. The van der Waals surface area contributed by atoms with Crippen LogP contribution in [0.5, 0.6) is 5.88 Å². The molecule has 0 unspecified atom stereocenters. The number of nitrogens with one attached hydrogen (secondary N) is 3. The zero-order valence-corrected chi connectivity index (χ0v) is 15.9. The van der Waals surface area contributed by atoms with Crippen molar-refractivity contribution < 1.29 is 22.7 Å². The molecule has 0 spiro atoms. The molecule has 156 valence electrons. The first-order chi connectivity index (χ1) is 14.2. The van der Waals surface area contributed by atoms with Crippen molar-refractivity contribution in [2.24, 2.45) is 0 Å². The molecular formula is C19H17F3N6O2. The molecular weight excluding hydrogens is 401 g/mol. The molecule has 0 aliphatic carbocycles. The quantitative estimate of drug-likeness (QED) is 0.547. The van der Waals surface area contributed by atoms with Gasteiger partial charge in [-0.3, -0.25) is 4.79 Å². The lowest BCUT2D eigenvalue weighted by Crippen LogP contribution is -2.13. The third kappa shape index (κ3) is 5.34. The van der Waals surface area contributed by atoms with E-state index in [4.69, 9.17) is 4.74 Å².